The fourth-order valence-corrected chi connectivity index (χ4v) is 3.42. The lowest BCUT2D eigenvalue weighted by Gasteiger charge is -2.01. The topological polar surface area (TPSA) is 53.2 Å². The minimum absolute atomic E-state index is 0.328. The van der Waals surface area contributed by atoms with Gasteiger partial charge in [-0.15, -0.1) is 11.8 Å². The molecule has 17 heavy (non-hydrogen) atoms. The molecule has 0 saturated carbocycles. The highest BCUT2D eigenvalue weighted by Crippen LogP contribution is 2.35. The van der Waals surface area contributed by atoms with E-state index in [1.165, 1.54) is 29.3 Å². The van der Waals surface area contributed by atoms with Crippen molar-refractivity contribution in [2.75, 3.05) is 12.9 Å². The highest BCUT2D eigenvalue weighted by Gasteiger charge is 2.23. The number of ether oxygens (including phenoxy) is 1. The number of pyridine rings is 1. The number of fused-ring (bicyclic) bond motifs is 1. The third-order valence-electron chi connectivity index (χ3n) is 2.24. The summed E-state index contributed by atoms with van der Waals surface area (Å²) in [7, 11) is 0. The number of hydrogen-bond donors (Lipinski definition) is 0. The number of esters is 1. The first-order valence-corrected chi connectivity index (χ1v) is 7.09. The molecule has 0 saturated heterocycles. The Morgan fingerprint density at radius 1 is 1.65 bits per heavy atom. The zero-order valence-corrected chi connectivity index (χ0v) is 11.1. The van der Waals surface area contributed by atoms with Gasteiger partial charge in [-0.05, 0) is 19.2 Å². The fraction of sp³-hybridized carbons (Fsp3) is 0.273. The van der Waals surface area contributed by atoms with Crippen LogP contribution in [0.15, 0.2) is 22.5 Å². The molecule has 2 heterocycles. The third-order valence-corrected chi connectivity index (χ3v) is 4.55. The molecule has 4 nitrogen and oxygen atoms in total. The summed E-state index contributed by atoms with van der Waals surface area (Å²) >= 11 is 2.77. The van der Waals surface area contributed by atoms with Crippen molar-refractivity contribution in [2.45, 2.75) is 11.1 Å². The average Bonchev–Trinajstić information content (AvgIpc) is 2.69. The molecule has 6 heteroatoms. The van der Waals surface area contributed by atoms with Gasteiger partial charge in [0.25, 0.3) is 4.83 Å². The Morgan fingerprint density at radius 2 is 2.41 bits per heavy atom. The molecular weight excluding hydrogens is 258 g/mol. The molecule has 0 aliphatic carbocycles. The van der Waals surface area contributed by atoms with Crippen LogP contribution in [0.5, 0.6) is 0 Å². The van der Waals surface area contributed by atoms with Crippen LogP contribution < -0.4 is 4.73 Å². The minimum Gasteiger partial charge on any atom is -0.618 e. The lowest BCUT2D eigenvalue weighted by molar-refractivity contribution is -0.574. The Morgan fingerprint density at radius 3 is 3.06 bits per heavy atom. The number of aromatic nitrogens is 1. The van der Waals surface area contributed by atoms with Crippen LogP contribution in [0.4, 0.5) is 0 Å². The number of nitrogens with zero attached hydrogens (tertiary/aromatic N) is 1. The van der Waals surface area contributed by atoms with Gasteiger partial charge in [-0.2, -0.15) is 4.73 Å². The quantitative estimate of drug-likeness (QED) is 0.372. The van der Waals surface area contributed by atoms with Gasteiger partial charge < -0.3 is 9.94 Å². The second kappa shape index (κ2) is 4.93. The SMILES string of the molecule is CCOC(=O)c1c(SC)sc2c1ccc[n+]2[O-]. The Balaban J connectivity index is 2.67. The summed E-state index contributed by atoms with van der Waals surface area (Å²) in [5, 5.41) is 12.3. The summed E-state index contributed by atoms with van der Waals surface area (Å²) in [6.07, 6.45) is 3.31. The van der Waals surface area contributed by atoms with E-state index < -0.39 is 0 Å². The smallest absolute Gasteiger partial charge is 0.341 e. The maximum Gasteiger partial charge on any atom is 0.341 e. The second-order valence-corrected chi connectivity index (χ2v) is 5.32. The molecule has 0 aliphatic heterocycles. The van der Waals surface area contributed by atoms with Crippen LogP contribution in [0.3, 0.4) is 0 Å². The summed E-state index contributed by atoms with van der Waals surface area (Å²) in [5.74, 6) is -0.366. The van der Waals surface area contributed by atoms with Crippen molar-refractivity contribution in [1.82, 2.24) is 0 Å². The molecule has 2 rings (SSSR count). The predicted molar refractivity (Wildman–Crippen MR) is 68.5 cm³/mol. The van der Waals surface area contributed by atoms with E-state index in [9.17, 15) is 10.0 Å². The van der Waals surface area contributed by atoms with Gasteiger partial charge in [0, 0.05) is 6.07 Å². The van der Waals surface area contributed by atoms with Crippen molar-refractivity contribution in [1.29, 1.82) is 0 Å². The first-order valence-electron chi connectivity index (χ1n) is 5.04. The first kappa shape index (κ1) is 12.2. The van der Waals surface area contributed by atoms with Crippen LogP contribution in [0.1, 0.15) is 17.3 Å². The summed E-state index contributed by atoms with van der Waals surface area (Å²) in [5.41, 5.74) is 0.504. The molecule has 0 unspecified atom stereocenters. The van der Waals surface area contributed by atoms with Crippen LogP contribution >= 0.6 is 23.1 Å². The average molecular weight is 269 g/mol. The Hall–Kier alpha value is -1.27. The van der Waals surface area contributed by atoms with E-state index in [0.29, 0.717) is 22.4 Å². The van der Waals surface area contributed by atoms with Crippen LogP contribution in [-0.2, 0) is 4.74 Å². The van der Waals surface area contributed by atoms with E-state index in [4.69, 9.17) is 4.74 Å². The lowest BCUT2D eigenvalue weighted by Crippen LogP contribution is -2.24. The molecule has 2 aromatic heterocycles. The second-order valence-electron chi connectivity index (χ2n) is 3.24. The largest absolute Gasteiger partial charge is 0.618 e. The van der Waals surface area contributed by atoms with Gasteiger partial charge in [0.1, 0.15) is 0 Å². The standard InChI is InChI=1S/C11H11NO3S2/c1-3-15-10(13)8-7-5-4-6-12(14)9(7)17-11(8)16-2/h4-6H,3H2,1-2H3. The number of thioether (sulfide) groups is 1. The van der Waals surface area contributed by atoms with Gasteiger partial charge in [0.2, 0.25) is 0 Å². The summed E-state index contributed by atoms with van der Waals surface area (Å²) in [4.78, 5) is 12.4. The fourth-order valence-electron chi connectivity index (χ4n) is 1.55. The normalized spacial score (nSPS) is 10.7. The maximum atomic E-state index is 11.9. The number of rotatable bonds is 3. The van der Waals surface area contributed by atoms with Gasteiger partial charge >= 0.3 is 5.97 Å². The molecule has 0 aromatic carbocycles. The Kier molecular flexibility index (Phi) is 3.54. The molecule has 0 fully saturated rings. The summed E-state index contributed by atoms with van der Waals surface area (Å²) < 4.78 is 6.61. The van der Waals surface area contributed by atoms with Crippen molar-refractivity contribution in [3.63, 3.8) is 0 Å². The maximum absolute atomic E-state index is 11.9. The van der Waals surface area contributed by atoms with Crippen LogP contribution in [-0.4, -0.2) is 18.8 Å². The van der Waals surface area contributed by atoms with Crippen LogP contribution in [0.25, 0.3) is 10.2 Å². The van der Waals surface area contributed by atoms with Gasteiger partial charge in [-0.3, -0.25) is 0 Å². The first-order chi connectivity index (χ1) is 8.19. The molecule has 2 aromatic rings. The van der Waals surface area contributed by atoms with E-state index in [1.54, 1.807) is 19.1 Å². The van der Waals surface area contributed by atoms with E-state index in [1.807, 2.05) is 6.26 Å². The number of carbonyl (C=O) groups excluding carboxylic acids is 1. The van der Waals surface area contributed by atoms with Crippen molar-refractivity contribution in [3.05, 3.63) is 29.1 Å². The molecule has 0 bridgehead atoms. The minimum atomic E-state index is -0.366. The highest BCUT2D eigenvalue weighted by atomic mass is 32.2. The molecule has 0 N–H and O–H groups in total. The van der Waals surface area contributed by atoms with Gasteiger partial charge in [0.05, 0.1) is 21.8 Å². The van der Waals surface area contributed by atoms with Crippen molar-refractivity contribution in [3.8, 4) is 0 Å². The van der Waals surface area contributed by atoms with Crippen molar-refractivity contribution in [2.24, 2.45) is 0 Å². The molecule has 0 amide bonds. The van der Waals surface area contributed by atoms with Crippen LogP contribution in [0, 0.1) is 5.21 Å². The zero-order chi connectivity index (χ0) is 12.4. The van der Waals surface area contributed by atoms with Crippen molar-refractivity contribution < 1.29 is 14.3 Å². The van der Waals surface area contributed by atoms with Crippen LogP contribution in [0.2, 0.25) is 0 Å². The number of thiophene rings is 1. The molecular formula is C11H11NO3S2. The summed E-state index contributed by atoms with van der Waals surface area (Å²) in [6, 6.07) is 3.40. The zero-order valence-electron chi connectivity index (χ0n) is 9.43. The number of carbonyl (C=O) groups is 1. The van der Waals surface area contributed by atoms with Crippen molar-refractivity contribution >= 4 is 39.3 Å². The Bertz CT molecular complexity index is 565. The molecule has 90 valence electrons. The van der Waals surface area contributed by atoms with E-state index >= 15 is 0 Å². The lowest BCUT2D eigenvalue weighted by atomic mass is 10.2. The van der Waals surface area contributed by atoms with E-state index in [2.05, 4.69) is 0 Å². The van der Waals surface area contributed by atoms with Gasteiger partial charge in [0.15, 0.2) is 6.20 Å². The molecule has 0 radical (unpaired) electrons. The van der Waals surface area contributed by atoms with E-state index in [-0.39, 0.29) is 5.97 Å². The molecule has 0 aliphatic rings. The number of hydrogen-bond acceptors (Lipinski definition) is 5. The predicted octanol–water partition coefficient (Wildman–Crippen LogP) is 2.43. The van der Waals surface area contributed by atoms with Gasteiger partial charge in [-0.25, -0.2) is 4.79 Å². The molecule has 0 atom stereocenters. The van der Waals surface area contributed by atoms with E-state index in [0.717, 1.165) is 8.94 Å². The monoisotopic (exact) mass is 269 g/mol. The molecule has 0 spiro atoms. The van der Waals surface area contributed by atoms with Gasteiger partial charge in [-0.1, -0.05) is 11.3 Å². The third kappa shape index (κ3) is 2.10. The Labute approximate surface area is 107 Å². The highest BCUT2D eigenvalue weighted by molar-refractivity contribution is 8.00. The summed E-state index contributed by atoms with van der Waals surface area (Å²) in [6.45, 7) is 2.09.